The van der Waals surface area contributed by atoms with E-state index < -0.39 is 36.3 Å². The molecule has 1 aliphatic heterocycles. The summed E-state index contributed by atoms with van der Waals surface area (Å²) in [5.74, 6) is -5.77. The smallest absolute Gasteiger partial charge is 0.408 e. The highest BCUT2D eigenvalue weighted by Gasteiger charge is 2.46. The van der Waals surface area contributed by atoms with E-state index in [4.69, 9.17) is 0 Å². The Balaban J connectivity index is 2.36. The molecule has 17 heavy (non-hydrogen) atoms. The summed E-state index contributed by atoms with van der Waals surface area (Å²) < 4.78 is 56.5. The van der Waals surface area contributed by atoms with E-state index in [0.29, 0.717) is 6.07 Å². The van der Waals surface area contributed by atoms with Gasteiger partial charge in [0, 0.05) is 0 Å². The monoisotopic (exact) mass is 249 g/mol. The van der Waals surface area contributed by atoms with Crippen molar-refractivity contribution in [2.75, 3.05) is 6.61 Å². The van der Waals surface area contributed by atoms with Crippen LogP contribution in [0.3, 0.4) is 0 Å². The van der Waals surface area contributed by atoms with Gasteiger partial charge in [-0.1, -0.05) is 6.07 Å². The maximum atomic E-state index is 13.4. The predicted octanol–water partition coefficient (Wildman–Crippen LogP) is 2.38. The number of hydrogen-bond donors (Lipinski definition) is 1. The zero-order valence-corrected chi connectivity index (χ0v) is 8.34. The van der Waals surface area contributed by atoms with Crippen LogP contribution in [0.25, 0.3) is 0 Å². The summed E-state index contributed by atoms with van der Waals surface area (Å²) in [5, 5.41) is 1.87. The van der Waals surface area contributed by atoms with E-state index in [1.54, 1.807) is 0 Å². The lowest BCUT2D eigenvalue weighted by molar-refractivity contribution is -0.104. The Morgan fingerprint density at radius 1 is 1.29 bits per heavy atom. The Bertz CT molecular complexity index is 464. The van der Waals surface area contributed by atoms with Crippen LogP contribution in [-0.4, -0.2) is 18.6 Å². The molecule has 0 aromatic heterocycles. The van der Waals surface area contributed by atoms with Crippen LogP contribution in [0.2, 0.25) is 0 Å². The van der Waals surface area contributed by atoms with E-state index in [1.165, 1.54) is 0 Å². The molecule has 1 fully saturated rings. The van der Waals surface area contributed by atoms with Crippen molar-refractivity contribution in [2.45, 2.75) is 12.0 Å². The Morgan fingerprint density at radius 3 is 2.65 bits per heavy atom. The van der Waals surface area contributed by atoms with Gasteiger partial charge in [0.1, 0.15) is 6.04 Å². The fraction of sp³-hybridized carbons (Fsp3) is 0.300. The molecule has 3 nitrogen and oxygen atoms in total. The molecule has 7 heteroatoms. The lowest BCUT2D eigenvalue weighted by Gasteiger charge is -2.31. The minimum atomic E-state index is -3.38. The van der Waals surface area contributed by atoms with Crippen LogP contribution < -0.4 is 5.32 Å². The van der Waals surface area contributed by atoms with Gasteiger partial charge in [0.05, 0.1) is 0 Å². The summed E-state index contributed by atoms with van der Waals surface area (Å²) in [4.78, 5) is 10.9. The van der Waals surface area contributed by atoms with Gasteiger partial charge in [-0.25, -0.2) is 22.4 Å². The number of amides is 1. The van der Waals surface area contributed by atoms with Crippen molar-refractivity contribution >= 4 is 6.09 Å². The standard InChI is InChI=1S/C10H7F4NO2/c11-6-2-1-5(3-7(6)12)8-10(13,14)4-17-9(16)15-8/h1-3,8H,4H2,(H,15,16)/t8-/m1/s1. The van der Waals surface area contributed by atoms with Crippen LogP contribution in [0.15, 0.2) is 18.2 Å². The summed E-state index contributed by atoms with van der Waals surface area (Å²) in [6, 6.07) is 0.614. The molecule has 1 heterocycles. The molecule has 1 atom stereocenters. The number of carbonyl (C=O) groups is 1. The average molecular weight is 249 g/mol. The fourth-order valence-electron chi connectivity index (χ4n) is 1.53. The first-order valence-electron chi connectivity index (χ1n) is 4.66. The molecule has 0 saturated carbocycles. The highest BCUT2D eigenvalue weighted by molar-refractivity contribution is 5.69. The van der Waals surface area contributed by atoms with E-state index in [1.807, 2.05) is 5.32 Å². The number of nitrogens with one attached hydrogen (secondary N) is 1. The van der Waals surface area contributed by atoms with Crippen molar-refractivity contribution in [1.29, 1.82) is 0 Å². The molecule has 1 aromatic rings. The van der Waals surface area contributed by atoms with Gasteiger partial charge in [0.15, 0.2) is 18.2 Å². The number of hydrogen-bond acceptors (Lipinski definition) is 2. The first-order chi connectivity index (χ1) is 7.90. The number of benzene rings is 1. The van der Waals surface area contributed by atoms with Gasteiger partial charge in [-0.05, 0) is 17.7 Å². The number of halogens is 4. The predicted molar refractivity (Wildman–Crippen MR) is 48.5 cm³/mol. The number of cyclic esters (lactones) is 1. The summed E-state index contributed by atoms with van der Waals surface area (Å²) in [5.41, 5.74) is -0.217. The van der Waals surface area contributed by atoms with Gasteiger partial charge in [0.25, 0.3) is 0 Å². The largest absolute Gasteiger partial charge is 0.443 e. The Labute approximate surface area is 93.4 Å². The molecule has 0 unspecified atom stereocenters. The maximum Gasteiger partial charge on any atom is 0.408 e. The van der Waals surface area contributed by atoms with Gasteiger partial charge < -0.3 is 10.1 Å². The highest BCUT2D eigenvalue weighted by Crippen LogP contribution is 2.34. The molecule has 92 valence electrons. The first kappa shape index (κ1) is 11.7. The number of rotatable bonds is 1. The number of carbonyl (C=O) groups excluding carboxylic acids is 1. The van der Waals surface area contributed by atoms with Crippen molar-refractivity contribution < 1.29 is 27.1 Å². The topological polar surface area (TPSA) is 38.3 Å². The molecule has 1 saturated heterocycles. The highest BCUT2D eigenvalue weighted by atomic mass is 19.3. The zero-order valence-electron chi connectivity index (χ0n) is 8.34. The maximum absolute atomic E-state index is 13.4. The third-order valence-corrected chi connectivity index (χ3v) is 2.36. The summed E-state index contributed by atoms with van der Waals surface area (Å²) >= 11 is 0. The number of alkyl carbamates (subject to hydrolysis) is 1. The van der Waals surface area contributed by atoms with Crippen LogP contribution in [0.4, 0.5) is 22.4 Å². The van der Waals surface area contributed by atoms with Crippen LogP contribution in [0.1, 0.15) is 11.6 Å². The molecule has 0 spiro atoms. The van der Waals surface area contributed by atoms with E-state index in [-0.39, 0.29) is 5.56 Å². The van der Waals surface area contributed by atoms with E-state index in [0.717, 1.165) is 12.1 Å². The molecular formula is C10H7F4NO2. The quantitative estimate of drug-likeness (QED) is 0.776. The van der Waals surface area contributed by atoms with Crippen LogP contribution >= 0.6 is 0 Å². The third kappa shape index (κ3) is 2.17. The van der Waals surface area contributed by atoms with Crippen molar-refractivity contribution in [1.82, 2.24) is 5.32 Å². The van der Waals surface area contributed by atoms with Gasteiger partial charge >= 0.3 is 12.0 Å². The van der Waals surface area contributed by atoms with Crippen molar-refractivity contribution in [3.8, 4) is 0 Å². The number of ether oxygens (including phenoxy) is 1. The van der Waals surface area contributed by atoms with Crippen LogP contribution in [0.5, 0.6) is 0 Å². The third-order valence-electron chi connectivity index (χ3n) is 2.36. The molecule has 0 aliphatic carbocycles. The van der Waals surface area contributed by atoms with Crippen molar-refractivity contribution in [3.05, 3.63) is 35.4 Å². The summed E-state index contributed by atoms with van der Waals surface area (Å²) in [7, 11) is 0. The molecule has 0 radical (unpaired) electrons. The Morgan fingerprint density at radius 2 is 2.00 bits per heavy atom. The SMILES string of the molecule is O=C1N[C@H](c2ccc(F)c(F)c2)C(F)(F)CO1. The van der Waals surface area contributed by atoms with Gasteiger partial charge in [-0.3, -0.25) is 0 Å². The summed E-state index contributed by atoms with van der Waals surface area (Å²) in [6.45, 7) is -1.09. The molecule has 1 amide bonds. The molecule has 0 bridgehead atoms. The van der Waals surface area contributed by atoms with Crippen molar-refractivity contribution in [3.63, 3.8) is 0 Å². The molecule has 1 N–H and O–H groups in total. The molecule has 2 rings (SSSR count). The van der Waals surface area contributed by atoms with Gasteiger partial charge in [-0.15, -0.1) is 0 Å². The Hall–Kier alpha value is -1.79. The summed E-state index contributed by atoms with van der Waals surface area (Å²) in [6.07, 6.45) is -1.02. The molecular weight excluding hydrogens is 242 g/mol. The fourth-order valence-corrected chi connectivity index (χ4v) is 1.53. The average Bonchev–Trinajstić information content (AvgIpc) is 2.26. The first-order valence-corrected chi connectivity index (χ1v) is 4.66. The minimum absolute atomic E-state index is 0.217. The van der Waals surface area contributed by atoms with Crippen molar-refractivity contribution in [2.24, 2.45) is 0 Å². The van der Waals surface area contributed by atoms with E-state index in [2.05, 4.69) is 4.74 Å². The number of alkyl halides is 2. The molecule has 1 aliphatic rings. The second-order valence-corrected chi connectivity index (χ2v) is 3.59. The van der Waals surface area contributed by atoms with Crippen LogP contribution in [-0.2, 0) is 4.74 Å². The second-order valence-electron chi connectivity index (χ2n) is 3.59. The molecule has 1 aromatic carbocycles. The Kier molecular flexibility index (Phi) is 2.68. The zero-order chi connectivity index (χ0) is 12.6. The van der Waals surface area contributed by atoms with Gasteiger partial charge in [-0.2, -0.15) is 0 Å². The van der Waals surface area contributed by atoms with Crippen LogP contribution in [0, 0.1) is 11.6 Å². The lowest BCUT2D eigenvalue weighted by atomic mass is 10.00. The van der Waals surface area contributed by atoms with Gasteiger partial charge in [0.2, 0.25) is 0 Å². The van der Waals surface area contributed by atoms with E-state index >= 15 is 0 Å². The second kappa shape index (κ2) is 3.90. The minimum Gasteiger partial charge on any atom is -0.443 e. The van der Waals surface area contributed by atoms with E-state index in [9.17, 15) is 22.4 Å². The lowest BCUT2D eigenvalue weighted by Crippen LogP contribution is -2.49. The normalized spacial score (nSPS) is 22.8.